The average Bonchev–Trinajstić information content (AvgIpc) is 3.30. The summed E-state index contributed by atoms with van der Waals surface area (Å²) in [4.78, 5) is 33.9. The molecule has 1 atom stereocenters. The Morgan fingerprint density at radius 2 is 2.00 bits per heavy atom. The van der Waals surface area contributed by atoms with Crippen molar-refractivity contribution in [3.63, 3.8) is 0 Å². The van der Waals surface area contributed by atoms with E-state index in [9.17, 15) is 14.0 Å². The van der Waals surface area contributed by atoms with Crippen LogP contribution in [0.3, 0.4) is 0 Å². The minimum Gasteiger partial charge on any atom is -0.453 e. The second-order valence-corrected chi connectivity index (χ2v) is 9.96. The fourth-order valence-electron chi connectivity index (χ4n) is 3.96. The summed E-state index contributed by atoms with van der Waals surface area (Å²) in [6.07, 6.45) is 4.47. The van der Waals surface area contributed by atoms with Gasteiger partial charge in [-0.2, -0.15) is 0 Å². The van der Waals surface area contributed by atoms with Crippen LogP contribution in [0.4, 0.5) is 14.9 Å². The van der Waals surface area contributed by atoms with Crippen LogP contribution in [-0.2, 0) is 0 Å². The highest BCUT2D eigenvalue weighted by atomic mass is 32.1. The number of hydrogen-bond acceptors (Lipinski definition) is 6. The summed E-state index contributed by atoms with van der Waals surface area (Å²) in [7, 11) is 4.05. The molecule has 5 rings (SSSR count). The van der Waals surface area contributed by atoms with Gasteiger partial charge in [-0.05, 0) is 51.6 Å². The normalized spacial score (nSPS) is 17.9. The number of amides is 3. The molecule has 10 heteroatoms. The van der Waals surface area contributed by atoms with Crippen LogP contribution in [0.2, 0.25) is 0 Å². The van der Waals surface area contributed by atoms with Gasteiger partial charge in [0.2, 0.25) is 0 Å². The second-order valence-electron chi connectivity index (χ2n) is 8.91. The number of pyridine rings is 1. The first-order valence-corrected chi connectivity index (χ1v) is 12.1. The van der Waals surface area contributed by atoms with Crippen LogP contribution >= 0.6 is 11.3 Å². The zero-order chi connectivity index (χ0) is 23.8. The first kappa shape index (κ1) is 22.5. The number of carbonyl (C=O) groups excluding carboxylic acids is 2. The molecule has 2 aromatic heterocycles. The van der Waals surface area contributed by atoms with Crippen molar-refractivity contribution >= 4 is 39.2 Å². The molecule has 34 heavy (non-hydrogen) atoms. The number of hydrogen-bond donors (Lipinski definition) is 2. The second kappa shape index (κ2) is 9.19. The SMILES string of the molecule is CN(C)C1CCN(C(=O)c2cc3nccc(Oc4ccc(NC(=O)NC5CC5)cc4F)c3s2)C1. The monoisotopic (exact) mass is 483 g/mol. The summed E-state index contributed by atoms with van der Waals surface area (Å²) in [5.74, 6) is -0.179. The number of carbonyl (C=O) groups is 2. The van der Waals surface area contributed by atoms with Crippen molar-refractivity contribution in [2.75, 3.05) is 32.5 Å². The number of rotatable bonds is 6. The predicted octanol–water partition coefficient (Wildman–Crippen LogP) is 4.29. The largest absolute Gasteiger partial charge is 0.453 e. The third kappa shape index (κ3) is 4.83. The molecule has 2 aliphatic rings. The van der Waals surface area contributed by atoms with Crippen LogP contribution in [0.1, 0.15) is 28.9 Å². The highest BCUT2D eigenvalue weighted by molar-refractivity contribution is 7.21. The number of halogens is 1. The van der Waals surface area contributed by atoms with E-state index in [1.165, 1.54) is 23.5 Å². The average molecular weight is 484 g/mol. The van der Waals surface area contributed by atoms with Gasteiger partial charge in [-0.3, -0.25) is 9.78 Å². The lowest BCUT2D eigenvalue weighted by molar-refractivity contribution is 0.0788. The van der Waals surface area contributed by atoms with Crippen molar-refractivity contribution in [1.82, 2.24) is 20.1 Å². The molecule has 1 unspecified atom stereocenters. The van der Waals surface area contributed by atoms with E-state index in [2.05, 4.69) is 20.5 Å². The molecule has 2 N–H and O–H groups in total. The standard InChI is InChI=1S/C24H26FN5O3S/c1-29(2)16-8-10-30(13-16)23(31)21-12-18-22(34-21)20(7-9-26-18)33-19-6-5-15(11-17(19)25)28-24(32)27-14-3-4-14/h5-7,9,11-12,14,16H,3-4,8,10,13H2,1-2H3,(H2,27,28,32). The van der Waals surface area contributed by atoms with Crippen molar-refractivity contribution in [2.24, 2.45) is 0 Å². The van der Waals surface area contributed by atoms with Gasteiger partial charge < -0.3 is 25.2 Å². The lowest BCUT2D eigenvalue weighted by Gasteiger charge is -2.19. The molecule has 3 heterocycles. The molecular weight excluding hydrogens is 457 g/mol. The Morgan fingerprint density at radius 1 is 1.18 bits per heavy atom. The molecule has 0 spiro atoms. The number of nitrogens with one attached hydrogen (secondary N) is 2. The van der Waals surface area contributed by atoms with E-state index >= 15 is 0 Å². The Bertz CT molecular complexity index is 1240. The number of likely N-dealkylation sites (N-methyl/N-ethyl adjacent to an activating group) is 1. The molecule has 1 aliphatic heterocycles. The molecule has 2 fully saturated rings. The van der Waals surface area contributed by atoms with E-state index in [0.29, 0.717) is 39.1 Å². The van der Waals surface area contributed by atoms with Gasteiger partial charge in [0.05, 0.1) is 15.1 Å². The topological polar surface area (TPSA) is 86.8 Å². The number of urea groups is 1. The molecule has 1 aliphatic carbocycles. The van der Waals surface area contributed by atoms with Gasteiger partial charge in [0.15, 0.2) is 11.6 Å². The number of thiophene rings is 1. The summed E-state index contributed by atoms with van der Waals surface area (Å²) in [6, 6.07) is 7.91. The van der Waals surface area contributed by atoms with Crippen molar-refractivity contribution in [1.29, 1.82) is 0 Å². The number of aromatic nitrogens is 1. The maximum absolute atomic E-state index is 14.7. The smallest absolute Gasteiger partial charge is 0.319 e. The van der Waals surface area contributed by atoms with Gasteiger partial charge in [-0.25, -0.2) is 9.18 Å². The number of likely N-dealkylation sites (tertiary alicyclic amines) is 1. The molecular formula is C24H26FN5O3S. The molecule has 3 amide bonds. The fraction of sp³-hybridized carbons (Fsp3) is 0.375. The van der Waals surface area contributed by atoms with Crippen LogP contribution in [0.5, 0.6) is 11.5 Å². The first-order chi connectivity index (χ1) is 16.4. The first-order valence-electron chi connectivity index (χ1n) is 11.3. The molecule has 1 saturated heterocycles. The van der Waals surface area contributed by atoms with E-state index in [1.807, 2.05) is 19.0 Å². The van der Waals surface area contributed by atoms with Crippen LogP contribution in [0.15, 0.2) is 36.5 Å². The van der Waals surface area contributed by atoms with E-state index in [0.717, 1.165) is 25.8 Å². The van der Waals surface area contributed by atoms with Crippen LogP contribution < -0.4 is 15.4 Å². The predicted molar refractivity (Wildman–Crippen MR) is 129 cm³/mol. The summed E-state index contributed by atoms with van der Waals surface area (Å²) < 4.78 is 21.3. The lowest BCUT2D eigenvalue weighted by Crippen LogP contribution is -2.34. The van der Waals surface area contributed by atoms with Gasteiger partial charge in [0.1, 0.15) is 5.75 Å². The summed E-state index contributed by atoms with van der Waals surface area (Å²) in [5, 5.41) is 5.42. The van der Waals surface area contributed by atoms with E-state index in [1.54, 1.807) is 24.4 Å². The van der Waals surface area contributed by atoms with E-state index in [4.69, 9.17) is 4.74 Å². The number of benzene rings is 1. The number of ether oxygens (including phenoxy) is 1. The fourth-order valence-corrected chi connectivity index (χ4v) is 5.00. The minimum absolute atomic E-state index is 0.0234. The van der Waals surface area contributed by atoms with Gasteiger partial charge in [-0.1, -0.05) is 0 Å². The Kier molecular flexibility index (Phi) is 6.09. The van der Waals surface area contributed by atoms with Crippen LogP contribution in [0, 0.1) is 5.82 Å². The Morgan fingerprint density at radius 3 is 2.71 bits per heavy atom. The van der Waals surface area contributed by atoms with Crippen molar-refractivity contribution < 1.29 is 18.7 Å². The van der Waals surface area contributed by atoms with E-state index in [-0.39, 0.29) is 23.7 Å². The number of fused-ring (bicyclic) bond motifs is 1. The Labute approximate surface area is 200 Å². The molecule has 178 valence electrons. The molecule has 0 bridgehead atoms. The highest BCUT2D eigenvalue weighted by Crippen LogP contribution is 2.37. The zero-order valence-corrected chi connectivity index (χ0v) is 19.8. The van der Waals surface area contributed by atoms with Crippen molar-refractivity contribution in [2.45, 2.75) is 31.3 Å². The molecule has 8 nitrogen and oxygen atoms in total. The lowest BCUT2D eigenvalue weighted by atomic mass is 10.2. The third-order valence-corrected chi connectivity index (χ3v) is 7.22. The van der Waals surface area contributed by atoms with Gasteiger partial charge in [0, 0.05) is 49.2 Å². The van der Waals surface area contributed by atoms with Gasteiger partial charge in [0.25, 0.3) is 5.91 Å². The van der Waals surface area contributed by atoms with Crippen LogP contribution in [0.25, 0.3) is 10.2 Å². The zero-order valence-electron chi connectivity index (χ0n) is 19.0. The van der Waals surface area contributed by atoms with Crippen molar-refractivity contribution in [3.05, 3.63) is 47.2 Å². The van der Waals surface area contributed by atoms with Crippen molar-refractivity contribution in [3.8, 4) is 11.5 Å². The quantitative estimate of drug-likeness (QED) is 0.546. The summed E-state index contributed by atoms with van der Waals surface area (Å²) in [5.41, 5.74) is 0.971. The van der Waals surface area contributed by atoms with E-state index < -0.39 is 5.82 Å². The third-order valence-electron chi connectivity index (χ3n) is 6.09. The molecule has 1 saturated carbocycles. The molecule has 1 aromatic carbocycles. The van der Waals surface area contributed by atoms with Gasteiger partial charge >= 0.3 is 6.03 Å². The minimum atomic E-state index is -0.603. The number of nitrogens with zero attached hydrogens (tertiary/aromatic N) is 3. The van der Waals surface area contributed by atoms with Gasteiger partial charge in [-0.15, -0.1) is 11.3 Å². The molecule has 3 aromatic rings. The maximum atomic E-state index is 14.7. The van der Waals surface area contributed by atoms with Crippen LogP contribution in [-0.4, -0.2) is 66.0 Å². The summed E-state index contributed by atoms with van der Waals surface area (Å²) >= 11 is 1.30. The summed E-state index contributed by atoms with van der Waals surface area (Å²) in [6.45, 7) is 1.41. The Balaban J connectivity index is 1.32. The Hall–Kier alpha value is -3.24. The molecule has 0 radical (unpaired) electrons. The highest BCUT2D eigenvalue weighted by Gasteiger charge is 2.29. The number of anilines is 1. The maximum Gasteiger partial charge on any atom is 0.319 e.